The zero-order valence-corrected chi connectivity index (χ0v) is 17.9. The van der Waals surface area contributed by atoms with Crippen LogP contribution in [0.5, 0.6) is 0 Å². The van der Waals surface area contributed by atoms with Crippen molar-refractivity contribution in [2.45, 2.75) is 71.1 Å². The number of hydrogen-bond donors (Lipinski definition) is 0. The van der Waals surface area contributed by atoms with Crippen LogP contribution in [0.15, 0.2) is 0 Å². The molecule has 0 N–H and O–H groups in total. The summed E-state index contributed by atoms with van der Waals surface area (Å²) >= 11 is 0. The molecule has 2 nitrogen and oxygen atoms in total. The number of hydrogen-bond acceptors (Lipinski definition) is 2. The van der Waals surface area contributed by atoms with Crippen LogP contribution in [0.3, 0.4) is 0 Å². The first-order chi connectivity index (χ1) is 9.93. The summed E-state index contributed by atoms with van der Waals surface area (Å²) in [5, 5.41) is 0. The minimum atomic E-state index is -1.22. The molecule has 2 bridgehead atoms. The Kier molecular flexibility index (Phi) is 5.04. The van der Waals surface area contributed by atoms with Gasteiger partial charge >= 0.3 is 5.97 Å². The van der Waals surface area contributed by atoms with Crippen LogP contribution in [0.1, 0.15) is 20.3 Å². The van der Waals surface area contributed by atoms with E-state index in [-0.39, 0.29) is 11.9 Å². The van der Waals surface area contributed by atoms with Gasteiger partial charge in [-0.1, -0.05) is 53.1 Å². The van der Waals surface area contributed by atoms with Crippen molar-refractivity contribution < 1.29 is 9.53 Å². The monoisotopic (exact) mass is 340 g/mol. The largest absolute Gasteiger partial charge is 0.466 e. The third-order valence-corrected chi connectivity index (χ3v) is 10.9. The molecule has 0 heterocycles. The van der Waals surface area contributed by atoms with E-state index in [1.54, 1.807) is 0 Å². The van der Waals surface area contributed by atoms with Crippen LogP contribution in [-0.4, -0.2) is 28.7 Å². The molecule has 0 aromatic heterocycles. The highest BCUT2D eigenvalue weighted by molar-refractivity contribution is 6.77. The Morgan fingerprint density at radius 1 is 1.05 bits per heavy atom. The van der Waals surface area contributed by atoms with E-state index in [9.17, 15) is 4.79 Å². The molecule has 0 amide bonds. The SMILES string of the molecule is CC1C(C)C2C(C(=O)OCC[Si](C)(C)C)CC1C2[Si](C)(C)C. The van der Waals surface area contributed by atoms with Gasteiger partial charge in [0.2, 0.25) is 0 Å². The summed E-state index contributed by atoms with van der Waals surface area (Å²) in [6.07, 6.45) is 1.09. The molecule has 6 unspecified atom stereocenters. The van der Waals surface area contributed by atoms with Gasteiger partial charge in [0.15, 0.2) is 0 Å². The van der Waals surface area contributed by atoms with Gasteiger partial charge in [0, 0.05) is 16.1 Å². The summed E-state index contributed by atoms with van der Waals surface area (Å²) in [5.74, 6) is 3.13. The van der Waals surface area contributed by atoms with Crippen molar-refractivity contribution in [2.75, 3.05) is 6.61 Å². The Bertz CT molecular complexity index is 422. The molecule has 2 fully saturated rings. The molecule has 128 valence electrons. The standard InChI is InChI=1S/C18H36O2Si2/c1-12-13(2)16-15(11-14(12)17(16)22(6,7)8)18(19)20-9-10-21(3,4)5/h12-17H,9-11H2,1-8H3. The van der Waals surface area contributed by atoms with Gasteiger partial charge in [0.25, 0.3) is 0 Å². The topological polar surface area (TPSA) is 26.3 Å². The lowest BCUT2D eigenvalue weighted by atomic mass is 9.76. The molecular formula is C18H36O2Si2. The number of fused-ring (bicyclic) bond motifs is 2. The highest BCUT2D eigenvalue weighted by atomic mass is 28.3. The van der Waals surface area contributed by atoms with Crippen molar-refractivity contribution in [1.82, 2.24) is 0 Å². The molecule has 0 aromatic carbocycles. The fourth-order valence-electron chi connectivity index (χ4n) is 5.15. The van der Waals surface area contributed by atoms with Crippen LogP contribution in [0, 0.1) is 29.6 Å². The van der Waals surface area contributed by atoms with Gasteiger partial charge in [-0.05, 0) is 41.7 Å². The summed E-state index contributed by atoms with van der Waals surface area (Å²) in [6, 6.07) is 1.09. The van der Waals surface area contributed by atoms with Crippen LogP contribution < -0.4 is 0 Å². The number of rotatable bonds is 5. The van der Waals surface area contributed by atoms with Crippen LogP contribution >= 0.6 is 0 Å². The average molecular weight is 341 g/mol. The zero-order chi connectivity index (χ0) is 16.9. The second-order valence-electron chi connectivity index (χ2n) is 10.2. The summed E-state index contributed by atoms with van der Waals surface area (Å²) in [7, 11) is -2.34. The first kappa shape index (κ1) is 18.2. The highest BCUT2D eigenvalue weighted by Crippen LogP contribution is 2.64. The van der Waals surface area contributed by atoms with E-state index in [4.69, 9.17) is 4.74 Å². The van der Waals surface area contributed by atoms with Gasteiger partial charge in [0.05, 0.1) is 12.5 Å². The molecule has 2 aliphatic carbocycles. The maximum absolute atomic E-state index is 12.7. The van der Waals surface area contributed by atoms with Gasteiger partial charge < -0.3 is 4.74 Å². The third kappa shape index (κ3) is 3.53. The number of carbonyl (C=O) groups is 1. The van der Waals surface area contributed by atoms with Crippen molar-refractivity contribution in [3.63, 3.8) is 0 Å². The Labute approximate surface area is 139 Å². The lowest BCUT2D eigenvalue weighted by Crippen LogP contribution is -2.35. The molecule has 0 radical (unpaired) electrons. The van der Waals surface area contributed by atoms with Gasteiger partial charge in [-0.15, -0.1) is 0 Å². The zero-order valence-electron chi connectivity index (χ0n) is 15.9. The van der Waals surface area contributed by atoms with Crippen LogP contribution in [0.4, 0.5) is 0 Å². The normalized spacial score (nSPS) is 38.4. The van der Waals surface area contributed by atoms with Crippen molar-refractivity contribution in [2.24, 2.45) is 29.6 Å². The number of ether oxygens (including phenoxy) is 1. The van der Waals surface area contributed by atoms with Crippen molar-refractivity contribution in [3.8, 4) is 0 Å². The molecule has 6 atom stereocenters. The predicted molar refractivity (Wildman–Crippen MR) is 99.6 cm³/mol. The summed E-state index contributed by atoms with van der Waals surface area (Å²) in [6.45, 7) is 19.9. The smallest absolute Gasteiger partial charge is 0.309 e. The van der Waals surface area contributed by atoms with E-state index in [0.29, 0.717) is 18.4 Å². The lowest BCUT2D eigenvalue weighted by Gasteiger charge is -2.32. The second kappa shape index (κ2) is 6.08. The fourth-order valence-corrected chi connectivity index (χ4v) is 9.28. The van der Waals surface area contributed by atoms with E-state index >= 15 is 0 Å². The Hall–Kier alpha value is -0.0962. The molecular weight excluding hydrogens is 304 g/mol. The van der Waals surface area contributed by atoms with Crippen molar-refractivity contribution in [1.29, 1.82) is 0 Å². The van der Waals surface area contributed by atoms with Gasteiger partial charge in [-0.2, -0.15) is 0 Å². The summed E-state index contributed by atoms with van der Waals surface area (Å²) < 4.78 is 5.71. The quantitative estimate of drug-likeness (QED) is 0.513. The molecule has 2 saturated carbocycles. The Morgan fingerprint density at radius 3 is 2.09 bits per heavy atom. The van der Waals surface area contributed by atoms with E-state index in [1.165, 1.54) is 0 Å². The van der Waals surface area contributed by atoms with Crippen molar-refractivity contribution >= 4 is 22.1 Å². The lowest BCUT2D eigenvalue weighted by molar-refractivity contribution is -0.150. The highest BCUT2D eigenvalue weighted by Gasteiger charge is 2.61. The average Bonchev–Trinajstić information content (AvgIpc) is 2.84. The molecule has 0 aromatic rings. The molecule has 2 rings (SSSR count). The minimum Gasteiger partial charge on any atom is -0.466 e. The van der Waals surface area contributed by atoms with E-state index in [0.717, 1.165) is 29.8 Å². The van der Waals surface area contributed by atoms with E-state index in [1.807, 2.05) is 0 Å². The predicted octanol–water partition coefficient (Wildman–Crippen LogP) is 5.11. The summed E-state index contributed by atoms with van der Waals surface area (Å²) in [5.41, 5.74) is 0.812. The third-order valence-electron chi connectivity index (χ3n) is 6.38. The Balaban J connectivity index is 2.03. The molecule has 0 aliphatic heterocycles. The fraction of sp³-hybridized carbons (Fsp3) is 0.944. The molecule has 2 aliphatic rings. The van der Waals surface area contributed by atoms with Crippen LogP contribution in [0.2, 0.25) is 50.9 Å². The molecule has 0 spiro atoms. The van der Waals surface area contributed by atoms with Crippen molar-refractivity contribution in [3.05, 3.63) is 0 Å². The second-order valence-corrected chi connectivity index (χ2v) is 21.2. The first-order valence-corrected chi connectivity index (χ1v) is 16.4. The molecule has 0 saturated heterocycles. The van der Waals surface area contributed by atoms with Crippen LogP contribution in [-0.2, 0) is 9.53 Å². The Morgan fingerprint density at radius 2 is 1.64 bits per heavy atom. The minimum absolute atomic E-state index is 0.118. The maximum atomic E-state index is 12.7. The maximum Gasteiger partial charge on any atom is 0.309 e. The summed E-state index contributed by atoms with van der Waals surface area (Å²) in [4.78, 5) is 12.7. The molecule has 4 heteroatoms. The number of esters is 1. The van der Waals surface area contributed by atoms with Gasteiger partial charge in [-0.25, -0.2) is 0 Å². The first-order valence-electron chi connectivity index (χ1n) is 9.10. The van der Waals surface area contributed by atoms with Gasteiger partial charge in [-0.3, -0.25) is 4.79 Å². The van der Waals surface area contributed by atoms with E-state index < -0.39 is 16.1 Å². The van der Waals surface area contributed by atoms with Crippen LogP contribution in [0.25, 0.3) is 0 Å². The van der Waals surface area contributed by atoms with E-state index in [2.05, 4.69) is 53.1 Å². The molecule has 22 heavy (non-hydrogen) atoms. The number of carbonyl (C=O) groups excluding carboxylic acids is 1. The van der Waals surface area contributed by atoms with Gasteiger partial charge in [0.1, 0.15) is 0 Å².